The highest BCUT2D eigenvalue weighted by Crippen LogP contribution is 2.28. The summed E-state index contributed by atoms with van der Waals surface area (Å²) in [6, 6.07) is 8.23. The molecule has 0 spiro atoms. The van der Waals surface area contributed by atoms with E-state index in [9.17, 15) is 4.79 Å². The topological polar surface area (TPSA) is 46.3 Å². The molecule has 0 aromatic heterocycles. The number of nitrogens with zero attached hydrogens (tertiary/aromatic N) is 1. The lowest BCUT2D eigenvalue weighted by molar-refractivity contribution is 0.0646. The van der Waals surface area contributed by atoms with Crippen LogP contribution < -0.4 is 5.73 Å². The van der Waals surface area contributed by atoms with Crippen LogP contribution in [0, 0.1) is 5.92 Å². The third-order valence-corrected chi connectivity index (χ3v) is 4.57. The largest absolute Gasteiger partial charge is 0.338 e. The Hall–Kier alpha value is -1.35. The van der Waals surface area contributed by atoms with Gasteiger partial charge in [0.25, 0.3) is 5.91 Å². The lowest BCUT2D eigenvalue weighted by atomic mass is 9.83. The third kappa shape index (κ3) is 3.46. The fourth-order valence-corrected chi connectivity index (χ4v) is 3.16. The van der Waals surface area contributed by atoms with Crippen LogP contribution in [-0.4, -0.2) is 29.9 Å². The van der Waals surface area contributed by atoms with Crippen LogP contribution >= 0.6 is 0 Å². The van der Waals surface area contributed by atoms with Crippen molar-refractivity contribution in [2.45, 2.75) is 52.0 Å². The van der Waals surface area contributed by atoms with Crippen molar-refractivity contribution in [2.75, 3.05) is 13.1 Å². The summed E-state index contributed by atoms with van der Waals surface area (Å²) < 4.78 is 0. The Morgan fingerprint density at radius 2 is 2.00 bits per heavy atom. The molecular weight excluding hydrogens is 260 g/mol. The van der Waals surface area contributed by atoms with Gasteiger partial charge in [0.15, 0.2) is 0 Å². The maximum Gasteiger partial charge on any atom is 0.254 e. The number of rotatable bonds is 2. The molecule has 3 heteroatoms. The molecule has 1 aliphatic heterocycles. The van der Waals surface area contributed by atoms with E-state index >= 15 is 0 Å². The van der Waals surface area contributed by atoms with Gasteiger partial charge in [-0.2, -0.15) is 0 Å². The van der Waals surface area contributed by atoms with Crippen molar-refractivity contribution in [1.82, 2.24) is 4.90 Å². The number of carbonyl (C=O) groups is 1. The first kappa shape index (κ1) is 16.0. The van der Waals surface area contributed by atoms with Gasteiger partial charge in [-0.1, -0.05) is 52.3 Å². The molecule has 1 saturated heterocycles. The van der Waals surface area contributed by atoms with Crippen molar-refractivity contribution in [1.29, 1.82) is 0 Å². The van der Waals surface area contributed by atoms with E-state index in [2.05, 4.69) is 33.8 Å². The van der Waals surface area contributed by atoms with Crippen molar-refractivity contribution in [3.8, 4) is 0 Å². The number of nitrogens with two attached hydrogens (primary N) is 1. The molecule has 2 unspecified atom stereocenters. The molecule has 116 valence electrons. The van der Waals surface area contributed by atoms with Crippen molar-refractivity contribution in [2.24, 2.45) is 11.7 Å². The zero-order chi connectivity index (χ0) is 15.6. The summed E-state index contributed by atoms with van der Waals surface area (Å²) in [4.78, 5) is 14.9. The summed E-state index contributed by atoms with van der Waals surface area (Å²) >= 11 is 0. The van der Waals surface area contributed by atoms with E-state index in [0.29, 0.717) is 5.92 Å². The van der Waals surface area contributed by atoms with Crippen molar-refractivity contribution < 1.29 is 4.79 Å². The molecule has 1 fully saturated rings. The van der Waals surface area contributed by atoms with Crippen molar-refractivity contribution >= 4 is 5.91 Å². The van der Waals surface area contributed by atoms with Crippen LogP contribution in [0.5, 0.6) is 0 Å². The van der Waals surface area contributed by atoms with Gasteiger partial charge < -0.3 is 10.6 Å². The van der Waals surface area contributed by atoms with Gasteiger partial charge in [0.1, 0.15) is 0 Å². The molecule has 1 aliphatic rings. The summed E-state index contributed by atoms with van der Waals surface area (Å²) in [6.45, 7) is 10.2. The maximum absolute atomic E-state index is 12.9. The van der Waals surface area contributed by atoms with Gasteiger partial charge in [0.2, 0.25) is 0 Å². The van der Waals surface area contributed by atoms with Crippen LogP contribution in [0.15, 0.2) is 24.3 Å². The van der Waals surface area contributed by atoms with Crippen LogP contribution in [0.4, 0.5) is 0 Å². The summed E-state index contributed by atoms with van der Waals surface area (Å²) in [7, 11) is 0. The zero-order valence-electron chi connectivity index (χ0n) is 13.7. The Morgan fingerprint density at radius 1 is 1.33 bits per heavy atom. The maximum atomic E-state index is 12.9. The minimum atomic E-state index is -0.0252. The van der Waals surface area contributed by atoms with Gasteiger partial charge in [-0.15, -0.1) is 0 Å². The minimum absolute atomic E-state index is 0.0252. The molecule has 2 atom stereocenters. The summed E-state index contributed by atoms with van der Waals surface area (Å²) in [6.07, 6.45) is 1.94. The molecule has 21 heavy (non-hydrogen) atoms. The number of likely N-dealkylation sites (tertiary alicyclic amines) is 1. The van der Waals surface area contributed by atoms with E-state index in [1.807, 2.05) is 23.1 Å². The number of amides is 1. The van der Waals surface area contributed by atoms with E-state index in [-0.39, 0.29) is 17.4 Å². The fourth-order valence-electron chi connectivity index (χ4n) is 3.16. The Morgan fingerprint density at radius 3 is 2.62 bits per heavy atom. The molecular formula is C18H28N2O. The van der Waals surface area contributed by atoms with E-state index in [1.165, 1.54) is 0 Å². The average Bonchev–Trinajstić information content (AvgIpc) is 2.46. The van der Waals surface area contributed by atoms with E-state index < -0.39 is 0 Å². The van der Waals surface area contributed by atoms with Crippen molar-refractivity contribution in [3.63, 3.8) is 0 Å². The standard InChI is InChI=1S/C18H28N2O/c1-5-13-12-20(11-10-16(13)19)17(21)14-8-6-7-9-15(14)18(2,3)4/h6-9,13,16H,5,10-12,19H2,1-4H3. The average molecular weight is 288 g/mol. The molecule has 1 aromatic rings. The first-order valence-electron chi connectivity index (χ1n) is 7.99. The Balaban J connectivity index is 2.25. The van der Waals surface area contributed by atoms with Gasteiger partial charge >= 0.3 is 0 Å². The Labute approximate surface area is 128 Å². The van der Waals surface area contributed by atoms with E-state index in [4.69, 9.17) is 5.73 Å². The second-order valence-electron chi connectivity index (χ2n) is 7.17. The molecule has 1 heterocycles. The van der Waals surface area contributed by atoms with Crippen LogP contribution in [0.25, 0.3) is 0 Å². The number of hydrogen-bond donors (Lipinski definition) is 1. The summed E-state index contributed by atoms with van der Waals surface area (Å²) in [5, 5.41) is 0. The molecule has 0 radical (unpaired) electrons. The highest BCUT2D eigenvalue weighted by Gasteiger charge is 2.30. The van der Waals surface area contributed by atoms with Gasteiger partial charge in [0.05, 0.1) is 0 Å². The van der Waals surface area contributed by atoms with Crippen LogP contribution in [0.3, 0.4) is 0 Å². The first-order chi connectivity index (χ1) is 9.84. The number of hydrogen-bond acceptors (Lipinski definition) is 2. The predicted octanol–water partition coefficient (Wildman–Crippen LogP) is 3.18. The van der Waals surface area contributed by atoms with Gasteiger partial charge in [-0.25, -0.2) is 0 Å². The minimum Gasteiger partial charge on any atom is -0.338 e. The molecule has 1 amide bonds. The second-order valence-corrected chi connectivity index (χ2v) is 7.17. The van der Waals surface area contributed by atoms with Crippen molar-refractivity contribution in [3.05, 3.63) is 35.4 Å². The van der Waals surface area contributed by atoms with Gasteiger partial charge in [0, 0.05) is 24.7 Å². The van der Waals surface area contributed by atoms with E-state index in [1.54, 1.807) is 0 Å². The highest BCUT2D eigenvalue weighted by atomic mass is 16.2. The third-order valence-electron chi connectivity index (χ3n) is 4.57. The lowest BCUT2D eigenvalue weighted by Gasteiger charge is -2.37. The summed E-state index contributed by atoms with van der Waals surface area (Å²) in [5.74, 6) is 0.579. The highest BCUT2D eigenvalue weighted by molar-refractivity contribution is 5.96. The van der Waals surface area contributed by atoms with E-state index in [0.717, 1.165) is 37.1 Å². The molecule has 0 saturated carbocycles. The number of carbonyl (C=O) groups excluding carboxylic acids is 1. The fraction of sp³-hybridized carbons (Fsp3) is 0.611. The smallest absolute Gasteiger partial charge is 0.254 e. The molecule has 0 bridgehead atoms. The lowest BCUT2D eigenvalue weighted by Crippen LogP contribution is -2.49. The molecule has 1 aromatic carbocycles. The molecule has 3 nitrogen and oxygen atoms in total. The SMILES string of the molecule is CCC1CN(C(=O)c2ccccc2C(C)(C)C)CCC1N. The summed E-state index contributed by atoms with van der Waals surface area (Å²) in [5.41, 5.74) is 8.09. The second kappa shape index (κ2) is 6.18. The Bertz CT molecular complexity index is 504. The van der Waals surface area contributed by atoms with Crippen LogP contribution in [0.2, 0.25) is 0 Å². The zero-order valence-corrected chi connectivity index (χ0v) is 13.7. The monoisotopic (exact) mass is 288 g/mol. The van der Waals surface area contributed by atoms with Gasteiger partial charge in [-0.05, 0) is 29.4 Å². The first-order valence-corrected chi connectivity index (χ1v) is 7.99. The molecule has 0 aliphatic carbocycles. The normalized spacial score (nSPS) is 23.2. The van der Waals surface area contributed by atoms with Crippen LogP contribution in [0.1, 0.15) is 56.5 Å². The quantitative estimate of drug-likeness (QED) is 0.908. The number of benzene rings is 1. The molecule has 2 rings (SSSR count). The van der Waals surface area contributed by atoms with Crippen LogP contribution in [-0.2, 0) is 5.41 Å². The predicted molar refractivity (Wildman–Crippen MR) is 87.4 cm³/mol. The Kier molecular flexibility index (Phi) is 4.72. The number of piperidine rings is 1. The molecule has 2 N–H and O–H groups in total. The van der Waals surface area contributed by atoms with Gasteiger partial charge in [-0.3, -0.25) is 4.79 Å².